The first kappa shape index (κ1) is 12.4. The minimum absolute atomic E-state index is 0.174. The van der Waals surface area contributed by atoms with E-state index < -0.39 is 5.82 Å². The van der Waals surface area contributed by atoms with Gasteiger partial charge >= 0.3 is 0 Å². The molecule has 0 saturated heterocycles. The Kier molecular flexibility index (Phi) is 3.82. The predicted molar refractivity (Wildman–Crippen MR) is 73.1 cm³/mol. The fourth-order valence-electron chi connectivity index (χ4n) is 1.73. The highest BCUT2D eigenvalue weighted by Gasteiger charge is 2.12. The van der Waals surface area contributed by atoms with E-state index in [1.165, 1.54) is 0 Å². The van der Waals surface area contributed by atoms with E-state index >= 15 is 0 Å². The number of halogens is 1. The largest absolute Gasteiger partial charge is 0.496 e. The molecule has 0 radical (unpaired) electrons. The fourth-order valence-corrected chi connectivity index (χ4v) is 1.83. The monoisotopic (exact) mass is 259 g/mol. The van der Waals surface area contributed by atoms with E-state index in [1.54, 1.807) is 37.4 Å². The number of hydrogen-bond donors (Lipinski definition) is 0. The highest BCUT2D eigenvalue weighted by Crippen LogP contribution is 2.34. The van der Waals surface area contributed by atoms with Crippen molar-refractivity contribution >= 4 is 23.1 Å². The van der Waals surface area contributed by atoms with Gasteiger partial charge in [-0.05, 0) is 24.4 Å². The van der Waals surface area contributed by atoms with Gasteiger partial charge in [-0.25, -0.2) is 4.39 Å². The topological polar surface area (TPSA) is 21.6 Å². The van der Waals surface area contributed by atoms with Crippen molar-refractivity contribution in [1.82, 2.24) is 0 Å². The standard InChI is InChI=1S/C14H10FNOS/c1-17-13-8-3-2-5-10(13)11-6-4-7-12(14(11)15)16-9-18/h2-8H,1H3. The SMILES string of the molecule is COc1ccccc1-c1cccc(N=C=S)c1F. The van der Waals surface area contributed by atoms with Gasteiger partial charge in [-0.3, -0.25) is 0 Å². The normalized spacial score (nSPS) is 9.67. The first-order chi connectivity index (χ1) is 8.77. The van der Waals surface area contributed by atoms with Crippen molar-refractivity contribution in [3.8, 4) is 16.9 Å². The number of nitrogens with zero attached hydrogens (tertiary/aromatic N) is 1. The number of benzene rings is 2. The average molecular weight is 259 g/mol. The van der Waals surface area contributed by atoms with Crippen molar-refractivity contribution in [2.45, 2.75) is 0 Å². The summed E-state index contributed by atoms with van der Waals surface area (Å²) in [5.74, 6) is 0.180. The molecule has 0 amide bonds. The maximum absolute atomic E-state index is 14.2. The molecule has 0 N–H and O–H groups in total. The first-order valence-electron chi connectivity index (χ1n) is 5.27. The molecule has 0 fully saturated rings. The molecule has 0 heterocycles. The first-order valence-corrected chi connectivity index (χ1v) is 5.68. The van der Waals surface area contributed by atoms with Crippen LogP contribution in [-0.2, 0) is 0 Å². The predicted octanol–water partition coefficient (Wildman–Crippen LogP) is 4.24. The van der Waals surface area contributed by atoms with Gasteiger partial charge in [0.1, 0.15) is 11.4 Å². The number of hydrogen-bond acceptors (Lipinski definition) is 3. The Morgan fingerprint density at radius 2 is 1.83 bits per heavy atom. The van der Waals surface area contributed by atoms with Crippen molar-refractivity contribution < 1.29 is 9.13 Å². The summed E-state index contributed by atoms with van der Waals surface area (Å²) in [6.45, 7) is 0. The van der Waals surface area contributed by atoms with Gasteiger partial charge in [0.2, 0.25) is 0 Å². The zero-order valence-corrected chi connectivity index (χ0v) is 10.5. The molecule has 0 spiro atoms. The highest BCUT2D eigenvalue weighted by molar-refractivity contribution is 7.78. The smallest absolute Gasteiger partial charge is 0.157 e. The van der Waals surface area contributed by atoms with Crippen LogP contribution < -0.4 is 4.74 Å². The summed E-state index contributed by atoms with van der Waals surface area (Å²) in [7, 11) is 1.55. The van der Waals surface area contributed by atoms with E-state index in [0.29, 0.717) is 16.9 Å². The number of ether oxygens (including phenoxy) is 1. The molecular formula is C14H10FNOS. The lowest BCUT2D eigenvalue weighted by Gasteiger charge is -2.09. The Bertz CT molecular complexity index is 621. The maximum atomic E-state index is 14.2. The fraction of sp³-hybridized carbons (Fsp3) is 0.0714. The van der Waals surface area contributed by atoms with Crippen LogP contribution in [0.25, 0.3) is 11.1 Å². The lowest BCUT2D eigenvalue weighted by atomic mass is 10.0. The number of methoxy groups -OCH3 is 1. The molecule has 2 aromatic carbocycles. The molecule has 90 valence electrons. The maximum Gasteiger partial charge on any atom is 0.157 e. The Balaban J connectivity index is 2.64. The second-order valence-corrected chi connectivity index (χ2v) is 3.72. The molecule has 0 saturated carbocycles. The molecule has 0 aliphatic carbocycles. The summed E-state index contributed by atoms with van der Waals surface area (Å²) in [5, 5.41) is 2.17. The highest BCUT2D eigenvalue weighted by atomic mass is 32.1. The van der Waals surface area contributed by atoms with Crippen molar-refractivity contribution in [3.63, 3.8) is 0 Å². The van der Waals surface area contributed by atoms with Gasteiger partial charge in [0.25, 0.3) is 0 Å². The number of isothiocyanates is 1. The molecule has 2 nitrogen and oxygen atoms in total. The van der Waals surface area contributed by atoms with Gasteiger partial charge in [0.15, 0.2) is 5.82 Å². The second kappa shape index (κ2) is 5.54. The van der Waals surface area contributed by atoms with E-state index in [4.69, 9.17) is 4.74 Å². The van der Waals surface area contributed by atoms with Crippen molar-refractivity contribution in [3.05, 3.63) is 48.3 Å². The summed E-state index contributed by atoms with van der Waals surface area (Å²) in [4.78, 5) is 3.70. The molecule has 0 aliphatic heterocycles. The van der Waals surface area contributed by atoms with Gasteiger partial charge in [0.05, 0.1) is 12.3 Å². The summed E-state index contributed by atoms with van der Waals surface area (Å²) in [6, 6.07) is 12.2. The van der Waals surface area contributed by atoms with E-state index in [2.05, 4.69) is 22.4 Å². The van der Waals surface area contributed by atoms with Crippen LogP contribution >= 0.6 is 12.2 Å². The molecule has 0 unspecified atom stereocenters. The van der Waals surface area contributed by atoms with Crippen LogP contribution in [-0.4, -0.2) is 12.3 Å². The summed E-state index contributed by atoms with van der Waals surface area (Å²) in [5.41, 5.74) is 1.28. The lowest BCUT2D eigenvalue weighted by molar-refractivity contribution is 0.416. The van der Waals surface area contributed by atoms with Crippen LogP contribution in [0.3, 0.4) is 0 Å². The quantitative estimate of drug-likeness (QED) is 0.607. The van der Waals surface area contributed by atoms with Gasteiger partial charge in [-0.2, -0.15) is 4.99 Å². The Hall–Kier alpha value is -2.03. The molecule has 2 aromatic rings. The third kappa shape index (κ3) is 2.30. The van der Waals surface area contributed by atoms with Gasteiger partial charge in [-0.1, -0.05) is 30.3 Å². The number of rotatable bonds is 3. The number of thiocarbonyl (C=S) groups is 1. The van der Waals surface area contributed by atoms with Crippen LogP contribution in [0.2, 0.25) is 0 Å². The second-order valence-electron chi connectivity index (χ2n) is 3.54. The third-order valence-corrected chi connectivity index (χ3v) is 2.63. The number of aliphatic imine (C=N–C) groups is 1. The number of para-hydroxylation sites is 1. The van der Waals surface area contributed by atoms with E-state index in [1.807, 2.05) is 12.1 Å². The minimum Gasteiger partial charge on any atom is -0.496 e. The van der Waals surface area contributed by atoms with Gasteiger partial charge < -0.3 is 4.74 Å². The van der Waals surface area contributed by atoms with Crippen molar-refractivity contribution in [2.24, 2.45) is 4.99 Å². The Labute approximate surface area is 110 Å². The van der Waals surface area contributed by atoms with Gasteiger partial charge in [-0.15, -0.1) is 0 Å². The van der Waals surface area contributed by atoms with Crippen LogP contribution in [0, 0.1) is 5.82 Å². The lowest BCUT2D eigenvalue weighted by Crippen LogP contribution is -1.90. The summed E-state index contributed by atoms with van der Waals surface area (Å²) in [6.07, 6.45) is 0. The Morgan fingerprint density at radius 3 is 2.56 bits per heavy atom. The van der Waals surface area contributed by atoms with Crippen molar-refractivity contribution in [2.75, 3.05) is 7.11 Å². The summed E-state index contributed by atoms with van der Waals surface area (Å²) >= 11 is 4.49. The van der Waals surface area contributed by atoms with Crippen LogP contribution in [0.5, 0.6) is 5.75 Å². The van der Waals surface area contributed by atoms with Crippen LogP contribution in [0.4, 0.5) is 10.1 Å². The molecule has 0 bridgehead atoms. The zero-order valence-electron chi connectivity index (χ0n) is 9.68. The Morgan fingerprint density at radius 1 is 1.11 bits per heavy atom. The summed E-state index contributed by atoms with van der Waals surface area (Å²) < 4.78 is 19.4. The van der Waals surface area contributed by atoms with E-state index in [9.17, 15) is 4.39 Å². The van der Waals surface area contributed by atoms with E-state index in [0.717, 1.165) is 0 Å². The van der Waals surface area contributed by atoms with Gasteiger partial charge in [0, 0.05) is 11.1 Å². The molecule has 2 rings (SSSR count). The molecule has 18 heavy (non-hydrogen) atoms. The molecule has 0 aliphatic rings. The van der Waals surface area contributed by atoms with E-state index in [-0.39, 0.29) is 5.69 Å². The minimum atomic E-state index is -0.431. The van der Waals surface area contributed by atoms with Crippen molar-refractivity contribution in [1.29, 1.82) is 0 Å². The molecule has 4 heteroatoms. The zero-order chi connectivity index (χ0) is 13.0. The van der Waals surface area contributed by atoms with Crippen LogP contribution in [0.1, 0.15) is 0 Å². The molecular weight excluding hydrogens is 249 g/mol. The molecule has 0 aromatic heterocycles. The average Bonchev–Trinajstić information content (AvgIpc) is 2.41. The molecule has 0 atom stereocenters. The third-order valence-electron chi connectivity index (χ3n) is 2.54. The van der Waals surface area contributed by atoms with Crippen LogP contribution in [0.15, 0.2) is 47.5 Å².